The van der Waals surface area contributed by atoms with Gasteiger partial charge in [-0.1, -0.05) is 36.7 Å². The molecule has 0 saturated carbocycles. The van der Waals surface area contributed by atoms with Crippen LogP contribution in [-0.2, 0) is 10.2 Å². The molecule has 1 amide bonds. The maximum Gasteiger partial charge on any atom is 0.221 e. The predicted octanol–water partition coefficient (Wildman–Crippen LogP) is 4.47. The molecule has 1 N–H and O–H groups in total. The summed E-state index contributed by atoms with van der Waals surface area (Å²) < 4.78 is 1.89. The van der Waals surface area contributed by atoms with Crippen molar-refractivity contribution in [3.05, 3.63) is 26.6 Å². The van der Waals surface area contributed by atoms with Crippen molar-refractivity contribution in [3.63, 3.8) is 0 Å². The van der Waals surface area contributed by atoms with E-state index in [-0.39, 0.29) is 11.3 Å². The number of carbonyl (C=O) groups is 1. The predicted molar refractivity (Wildman–Crippen MR) is 74.8 cm³/mol. The highest BCUT2D eigenvalue weighted by Crippen LogP contribution is 2.37. The van der Waals surface area contributed by atoms with E-state index in [1.54, 1.807) is 0 Å². The molecular weight excluding hydrogens is 334 g/mol. The lowest BCUT2D eigenvalue weighted by Crippen LogP contribution is -2.17. The van der Waals surface area contributed by atoms with Crippen molar-refractivity contribution in [3.8, 4) is 0 Å². The number of benzene rings is 1. The summed E-state index contributed by atoms with van der Waals surface area (Å²) in [5, 5.41) is 2.87. The lowest BCUT2D eigenvalue weighted by Gasteiger charge is -2.24. The molecule has 0 aromatic heterocycles. The quantitative estimate of drug-likeness (QED) is 0.797. The van der Waals surface area contributed by atoms with E-state index in [2.05, 4.69) is 57.9 Å². The Morgan fingerprint density at radius 2 is 1.81 bits per heavy atom. The number of anilines is 1. The van der Waals surface area contributed by atoms with Crippen molar-refractivity contribution in [2.75, 3.05) is 5.32 Å². The molecule has 0 spiro atoms. The van der Waals surface area contributed by atoms with E-state index in [0.29, 0.717) is 0 Å². The number of nitrogens with one attached hydrogen (secondary N) is 1. The fourth-order valence-corrected chi connectivity index (χ4v) is 2.79. The number of hydrogen-bond acceptors (Lipinski definition) is 1. The van der Waals surface area contributed by atoms with Crippen molar-refractivity contribution in [1.82, 2.24) is 0 Å². The SMILES string of the molecule is CC(=O)Nc1c(Br)cc(Br)cc1C(C)(C)C. The second-order valence-corrected chi connectivity index (χ2v) is 6.51. The maximum atomic E-state index is 11.2. The Labute approximate surface area is 113 Å². The summed E-state index contributed by atoms with van der Waals surface area (Å²) in [5.74, 6) is -0.0616. The van der Waals surface area contributed by atoms with Crippen LogP contribution in [0.1, 0.15) is 33.3 Å². The fourth-order valence-electron chi connectivity index (χ4n) is 1.47. The summed E-state index contributed by atoms with van der Waals surface area (Å²) in [6, 6.07) is 3.97. The van der Waals surface area contributed by atoms with Gasteiger partial charge in [-0.05, 0) is 39.0 Å². The normalized spacial score (nSPS) is 11.4. The summed E-state index contributed by atoms with van der Waals surface area (Å²) in [4.78, 5) is 11.2. The second kappa shape index (κ2) is 4.88. The number of halogens is 2. The third-order valence-corrected chi connectivity index (χ3v) is 3.25. The van der Waals surface area contributed by atoms with Crippen LogP contribution in [0.15, 0.2) is 21.1 Å². The van der Waals surface area contributed by atoms with Gasteiger partial charge in [0.15, 0.2) is 0 Å². The largest absolute Gasteiger partial charge is 0.325 e. The molecule has 1 rings (SSSR count). The van der Waals surface area contributed by atoms with Gasteiger partial charge in [-0.2, -0.15) is 0 Å². The number of rotatable bonds is 1. The van der Waals surface area contributed by atoms with Gasteiger partial charge in [0.25, 0.3) is 0 Å². The molecule has 0 saturated heterocycles. The first kappa shape index (κ1) is 13.7. The van der Waals surface area contributed by atoms with Gasteiger partial charge in [-0.3, -0.25) is 4.79 Å². The summed E-state index contributed by atoms with van der Waals surface area (Å²) in [6.07, 6.45) is 0. The third-order valence-electron chi connectivity index (χ3n) is 2.16. The van der Waals surface area contributed by atoms with Crippen LogP contribution < -0.4 is 5.32 Å². The zero-order valence-corrected chi connectivity index (χ0v) is 13.0. The van der Waals surface area contributed by atoms with E-state index < -0.39 is 0 Å². The number of amides is 1. The summed E-state index contributed by atoms with van der Waals surface area (Å²) in [7, 11) is 0. The number of hydrogen-bond donors (Lipinski definition) is 1. The average Bonchev–Trinajstić information content (AvgIpc) is 2.06. The standard InChI is InChI=1S/C12H15Br2NO/c1-7(16)15-11-9(12(2,3)4)5-8(13)6-10(11)14/h5-6H,1-4H3,(H,15,16). The van der Waals surface area contributed by atoms with E-state index in [4.69, 9.17) is 0 Å². The van der Waals surface area contributed by atoms with Gasteiger partial charge in [-0.15, -0.1) is 0 Å². The van der Waals surface area contributed by atoms with Crippen molar-refractivity contribution >= 4 is 43.5 Å². The van der Waals surface area contributed by atoms with Crippen LogP contribution in [0, 0.1) is 0 Å². The smallest absolute Gasteiger partial charge is 0.221 e. The molecule has 0 fully saturated rings. The van der Waals surface area contributed by atoms with Crippen LogP contribution in [-0.4, -0.2) is 5.91 Å². The van der Waals surface area contributed by atoms with Crippen LogP contribution in [0.25, 0.3) is 0 Å². The van der Waals surface area contributed by atoms with E-state index in [0.717, 1.165) is 20.2 Å². The highest BCUT2D eigenvalue weighted by Gasteiger charge is 2.21. The Hall–Kier alpha value is -0.350. The van der Waals surface area contributed by atoms with Crippen molar-refractivity contribution < 1.29 is 4.79 Å². The molecule has 2 nitrogen and oxygen atoms in total. The van der Waals surface area contributed by atoms with Gasteiger partial charge < -0.3 is 5.32 Å². The first-order chi connectivity index (χ1) is 7.21. The van der Waals surface area contributed by atoms with Gasteiger partial charge in [0, 0.05) is 15.9 Å². The highest BCUT2D eigenvalue weighted by atomic mass is 79.9. The molecule has 0 aliphatic rings. The Balaban J connectivity index is 3.38. The van der Waals surface area contributed by atoms with Crippen LogP contribution in [0.2, 0.25) is 0 Å². The molecule has 0 aliphatic heterocycles. The van der Waals surface area contributed by atoms with E-state index in [9.17, 15) is 4.79 Å². The zero-order valence-electron chi connectivity index (χ0n) is 9.82. The molecule has 1 aromatic carbocycles. The molecule has 0 heterocycles. The van der Waals surface area contributed by atoms with Crippen LogP contribution in [0.4, 0.5) is 5.69 Å². The molecule has 0 bridgehead atoms. The molecule has 16 heavy (non-hydrogen) atoms. The van der Waals surface area contributed by atoms with Gasteiger partial charge in [0.1, 0.15) is 0 Å². The van der Waals surface area contributed by atoms with Gasteiger partial charge in [0.05, 0.1) is 5.69 Å². The van der Waals surface area contributed by atoms with Crippen molar-refractivity contribution in [1.29, 1.82) is 0 Å². The second-order valence-electron chi connectivity index (χ2n) is 4.74. The van der Waals surface area contributed by atoms with Crippen molar-refractivity contribution in [2.24, 2.45) is 0 Å². The molecule has 1 aromatic rings. The minimum atomic E-state index is -0.0616. The van der Waals surface area contributed by atoms with Crippen molar-refractivity contribution in [2.45, 2.75) is 33.1 Å². The van der Waals surface area contributed by atoms with Crippen LogP contribution in [0.3, 0.4) is 0 Å². The fraction of sp³-hybridized carbons (Fsp3) is 0.417. The minimum Gasteiger partial charge on any atom is -0.325 e. The summed E-state index contributed by atoms with van der Waals surface area (Å²) in [6.45, 7) is 7.87. The van der Waals surface area contributed by atoms with Crippen LogP contribution >= 0.6 is 31.9 Å². The number of carbonyl (C=O) groups excluding carboxylic acids is 1. The van der Waals surface area contributed by atoms with Gasteiger partial charge in [0.2, 0.25) is 5.91 Å². The summed E-state index contributed by atoms with van der Waals surface area (Å²) >= 11 is 6.94. The molecule has 0 unspecified atom stereocenters. The van der Waals surface area contributed by atoms with E-state index in [1.807, 2.05) is 12.1 Å². The summed E-state index contributed by atoms with van der Waals surface area (Å²) in [5.41, 5.74) is 1.93. The molecule has 88 valence electrons. The Morgan fingerprint density at radius 1 is 1.25 bits per heavy atom. The maximum absolute atomic E-state index is 11.2. The highest BCUT2D eigenvalue weighted by molar-refractivity contribution is 9.11. The molecule has 4 heteroatoms. The molecular formula is C12H15Br2NO. The lowest BCUT2D eigenvalue weighted by molar-refractivity contribution is -0.114. The Bertz CT molecular complexity index is 422. The monoisotopic (exact) mass is 347 g/mol. The Morgan fingerprint density at radius 3 is 2.25 bits per heavy atom. The van der Waals surface area contributed by atoms with Gasteiger partial charge in [-0.25, -0.2) is 0 Å². The van der Waals surface area contributed by atoms with E-state index >= 15 is 0 Å². The topological polar surface area (TPSA) is 29.1 Å². The zero-order chi connectivity index (χ0) is 12.5. The first-order valence-corrected chi connectivity index (χ1v) is 6.57. The molecule has 0 aliphatic carbocycles. The van der Waals surface area contributed by atoms with E-state index in [1.165, 1.54) is 6.92 Å². The average molecular weight is 349 g/mol. The van der Waals surface area contributed by atoms with Gasteiger partial charge >= 0.3 is 0 Å². The van der Waals surface area contributed by atoms with Crippen LogP contribution in [0.5, 0.6) is 0 Å². The Kier molecular flexibility index (Phi) is 4.18. The minimum absolute atomic E-state index is 0.0237. The molecule has 0 radical (unpaired) electrons. The first-order valence-electron chi connectivity index (χ1n) is 4.99. The lowest BCUT2D eigenvalue weighted by atomic mass is 9.86. The molecule has 0 atom stereocenters. The third kappa shape index (κ3) is 3.32.